The molecule has 0 bridgehead atoms. The minimum absolute atomic E-state index is 0.0557. The second-order valence-electron chi connectivity index (χ2n) is 3.77. The monoisotopic (exact) mass is 245 g/mol. The topological polar surface area (TPSA) is 79.4 Å². The highest BCUT2D eigenvalue weighted by Gasteiger charge is 2.30. The number of imide groups is 1. The summed E-state index contributed by atoms with van der Waals surface area (Å²) in [4.78, 5) is 39.5. The minimum atomic E-state index is -0.521. The molecule has 1 aromatic heterocycles. The number of carbonyl (C=O) groups excluding carboxylic acids is 3. The SMILES string of the molecule is CC(=O)N1CC(=O)N/C(=C/c2ccccn2)C1=O. The van der Waals surface area contributed by atoms with Crippen LogP contribution >= 0.6 is 0 Å². The maximum absolute atomic E-state index is 11.9. The molecule has 0 spiro atoms. The fourth-order valence-corrected chi connectivity index (χ4v) is 1.57. The number of amides is 3. The Labute approximate surface area is 103 Å². The summed E-state index contributed by atoms with van der Waals surface area (Å²) in [5.41, 5.74) is 0.590. The maximum atomic E-state index is 11.9. The van der Waals surface area contributed by atoms with Gasteiger partial charge in [0.25, 0.3) is 5.91 Å². The summed E-state index contributed by atoms with van der Waals surface area (Å²) in [6.07, 6.45) is 3.01. The number of hydrogen-bond acceptors (Lipinski definition) is 4. The number of hydrogen-bond donors (Lipinski definition) is 1. The molecule has 3 amide bonds. The molecular weight excluding hydrogens is 234 g/mol. The molecule has 1 aliphatic heterocycles. The first-order valence-electron chi connectivity index (χ1n) is 5.33. The Bertz CT molecular complexity index is 537. The lowest BCUT2D eigenvalue weighted by atomic mass is 10.2. The van der Waals surface area contributed by atoms with Crippen LogP contribution in [0.25, 0.3) is 6.08 Å². The lowest BCUT2D eigenvalue weighted by Crippen LogP contribution is -2.51. The second-order valence-corrected chi connectivity index (χ2v) is 3.77. The van der Waals surface area contributed by atoms with E-state index >= 15 is 0 Å². The normalized spacial score (nSPS) is 17.8. The van der Waals surface area contributed by atoms with Gasteiger partial charge in [-0.2, -0.15) is 0 Å². The van der Waals surface area contributed by atoms with Crippen LogP contribution in [0.4, 0.5) is 0 Å². The number of piperazine rings is 1. The Morgan fingerprint density at radius 2 is 2.22 bits per heavy atom. The summed E-state index contributed by atoms with van der Waals surface area (Å²) in [6, 6.07) is 5.20. The van der Waals surface area contributed by atoms with Crippen molar-refractivity contribution in [1.82, 2.24) is 15.2 Å². The largest absolute Gasteiger partial charge is 0.320 e. The van der Waals surface area contributed by atoms with Gasteiger partial charge in [0.2, 0.25) is 11.8 Å². The first-order valence-corrected chi connectivity index (χ1v) is 5.33. The predicted octanol–water partition coefficient (Wildman–Crippen LogP) is -0.0726. The lowest BCUT2D eigenvalue weighted by molar-refractivity contribution is -0.147. The molecule has 0 aliphatic carbocycles. The highest BCUT2D eigenvalue weighted by molar-refractivity contribution is 6.12. The predicted molar refractivity (Wildman–Crippen MR) is 62.8 cm³/mol. The van der Waals surface area contributed by atoms with Gasteiger partial charge in [-0.25, -0.2) is 0 Å². The van der Waals surface area contributed by atoms with Gasteiger partial charge in [0.05, 0.1) is 5.69 Å². The molecular formula is C12H11N3O3. The van der Waals surface area contributed by atoms with Crippen LogP contribution in [-0.4, -0.2) is 34.2 Å². The van der Waals surface area contributed by atoms with Crippen LogP contribution in [0.5, 0.6) is 0 Å². The summed E-state index contributed by atoms with van der Waals surface area (Å²) in [7, 11) is 0. The van der Waals surface area contributed by atoms with E-state index in [-0.39, 0.29) is 12.2 Å². The average Bonchev–Trinajstić information content (AvgIpc) is 2.34. The van der Waals surface area contributed by atoms with Crippen LogP contribution in [-0.2, 0) is 14.4 Å². The number of nitrogens with one attached hydrogen (secondary N) is 1. The van der Waals surface area contributed by atoms with Gasteiger partial charge in [0, 0.05) is 13.1 Å². The quantitative estimate of drug-likeness (QED) is 0.702. The van der Waals surface area contributed by atoms with Crippen molar-refractivity contribution in [2.75, 3.05) is 6.54 Å². The third-order valence-corrected chi connectivity index (χ3v) is 2.41. The molecule has 0 aromatic carbocycles. The summed E-state index contributed by atoms with van der Waals surface area (Å²) in [5.74, 6) is -1.37. The van der Waals surface area contributed by atoms with E-state index in [2.05, 4.69) is 10.3 Å². The zero-order chi connectivity index (χ0) is 13.1. The van der Waals surface area contributed by atoms with Gasteiger partial charge < -0.3 is 5.32 Å². The molecule has 1 saturated heterocycles. The minimum Gasteiger partial charge on any atom is -0.320 e. The zero-order valence-corrected chi connectivity index (χ0v) is 9.71. The molecule has 0 unspecified atom stereocenters. The smallest absolute Gasteiger partial charge is 0.277 e. The standard InChI is InChI=1S/C12H11N3O3/c1-8(16)15-7-11(17)14-10(12(15)18)6-9-4-2-3-5-13-9/h2-6H,7H2,1H3,(H,14,17)/b10-6+. The van der Waals surface area contributed by atoms with Crippen LogP contribution in [0.2, 0.25) is 0 Å². The average molecular weight is 245 g/mol. The Morgan fingerprint density at radius 1 is 1.44 bits per heavy atom. The van der Waals surface area contributed by atoms with Gasteiger partial charge in [-0.1, -0.05) is 6.07 Å². The molecule has 92 valence electrons. The first-order chi connectivity index (χ1) is 8.58. The number of carbonyl (C=O) groups is 3. The van der Waals surface area contributed by atoms with Gasteiger partial charge >= 0.3 is 0 Å². The van der Waals surface area contributed by atoms with E-state index in [1.54, 1.807) is 24.4 Å². The van der Waals surface area contributed by atoms with E-state index in [4.69, 9.17) is 0 Å². The molecule has 0 radical (unpaired) electrons. The van der Waals surface area contributed by atoms with Crippen LogP contribution in [0.3, 0.4) is 0 Å². The molecule has 1 aromatic rings. The van der Waals surface area contributed by atoms with Crippen molar-refractivity contribution in [1.29, 1.82) is 0 Å². The molecule has 1 N–H and O–H groups in total. The Balaban J connectivity index is 2.32. The van der Waals surface area contributed by atoms with Crippen LogP contribution in [0.1, 0.15) is 12.6 Å². The molecule has 0 atom stereocenters. The number of aromatic nitrogens is 1. The van der Waals surface area contributed by atoms with E-state index in [1.165, 1.54) is 13.0 Å². The zero-order valence-electron chi connectivity index (χ0n) is 9.71. The van der Waals surface area contributed by atoms with Crippen molar-refractivity contribution in [3.8, 4) is 0 Å². The third kappa shape index (κ3) is 2.42. The molecule has 1 fully saturated rings. The van der Waals surface area contributed by atoms with E-state index in [1.807, 2.05) is 0 Å². The Hall–Kier alpha value is -2.50. The van der Waals surface area contributed by atoms with E-state index in [0.717, 1.165) is 4.90 Å². The molecule has 1 aliphatic rings. The van der Waals surface area contributed by atoms with Crippen molar-refractivity contribution < 1.29 is 14.4 Å². The van der Waals surface area contributed by atoms with Crippen molar-refractivity contribution in [3.05, 3.63) is 35.8 Å². The number of nitrogens with zero attached hydrogens (tertiary/aromatic N) is 2. The van der Waals surface area contributed by atoms with Crippen molar-refractivity contribution in [3.63, 3.8) is 0 Å². The highest BCUT2D eigenvalue weighted by Crippen LogP contribution is 2.09. The Kier molecular flexibility index (Phi) is 3.18. The Morgan fingerprint density at radius 3 is 2.83 bits per heavy atom. The fraction of sp³-hybridized carbons (Fsp3) is 0.167. The van der Waals surface area contributed by atoms with Gasteiger partial charge in [0.1, 0.15) is 12.2 Å². The summed E-state index contributed by atoms with van der Waals surface area (Å²) in [6.45, 7) is 1.00. The van der Waals surface area contributed by atoms with Gasteiger partial charge in [0.15, 0.2) is 0 Å². The van der Waals surface area contributed by atoms with Crippen molar-refractivity contribution in [2.24, 2.45) is 0 Å². The second kappa shape index (κ2) is 4.79. The van der Waals surface area contributed by atoms with Gasteiger partial charge in [-0.15, -0.1) is 0 Å². The molecule has 2 rings (SSSR count). The third-order valence-electron chi connectivity index (χ3n) is 2.41. The van der Waals surface area contributed by atoms with Crippen LogP contribution < -0.4 is 5.32 Å². The molecule has 2 heterocycles. The number of pyridine rings is 1. The summed E-state index contributed by atoms with van der Waals surface area (Å²) >= 11 is 0. The number of rotatable bonds is 1. The summed E-state index contributed by atoms with van der Waals surface area (Å²) in [5, 5.41) is 2.44. The van der Waals surface area contributed by atoms with E-state index < -0.39 is 17.7 Å². The van der Waals surface area contributed by atoms with E-state index in [0.29, 0.717) is 5.69 Å². The van der Waals surface area contributed by atoms with Crippen LogP contribution in [0, 0.1) is 0 Å². The summed E-state index contributed by atoms with van der Waals surface area (Å²) < 4.78 is 0. The van der Waals surface area contributed by atoms with Gasteiger partial charge in [-0.05, 0) is 18.2 Å². The molecule has 18 heavy (non-hydrogen) atoms. The van der Waals surface area contributed by atoms with E-state index in [9.17, 15) is 14.4 Å². The first kappa shape index (κ1) is 12.0. The molecule has 6 heteroatoms. The highest BCUT2D eigenvalue weighted by atomic mass is 16.2. The lowest BCUT2D eigenvalue weighted by Gasteiger charge is -2.25. The molecule has 6 nitrogen and oxygen atoms in total. The van der Waals surface area contributed by atoms with Gasteiger partial charge in [-0.3, -0.25) is 24.3 Å². The molecule has 0 saturated carbocycles. The van der Waals surface area contributed by atoms with Crippen LogP contribution in [0.15, 0.2) is 30.1 Å². The van der Waals surface area contributed by atoms with Crippen molar-refractivity contribution >= 4 is 23.8 Å². The van der Waals surface area contributed by atoms with Crippen molar-refractivity contribution in [2.45, 2.75) is 6.92 Å². The fourth-order valence-electron chi connectivity index (χ4n) is 1.57. The maximum Gasteiger partial charge on any atom is 0.277 e.